The normalized spacial score (nSPS) is 25.9. The zero-order valence-corrected chi connectivity index (χ0v) is 44.1. The van der Waals surface area contributed by atoms with Gasteiger partial charge in [-0.05, 0) is 74.3 Å². The van der Waals surface area contributed by atoms with Gasteiger partial charge in [0, 0.05) is 64.3 Å². The quantitative estimate of drug-likeness (QED) is 0.0511. The second-order valence-electron chi connectivity index (χ2n) is 21.6. The minimum absolute atomic E-state index is 0.0960. The Morgan fingerprint density at radius 3 is 1.36 bits per heavy atom. The minimum Gasteiger partial charge on any atom is -0.396 e. The topological polar surface area (TPSA) is 314 Å². The summed E-state index contributed by atoms with van der Waals surface area (Å²) >= 11 is 0. The molecule has 6 aromatic rings. The summed E-state index contributed by atoms with van der Waals surface area (Å²) in [6.45, 7) is 5.10. The maximum absolute atomic E-state index is 13.8. The minimum atomic E-state index is -1.21. The van der Waals surface area contributed by atoms with Gasteiger partial charge in [0.05, 0.1) is 48.2 Å². The number of benzene rings is 2. The molecule has 78 heavy (non-hydrogen) atoms. The number of rotatable bonds is 20. The van der Waals surface area contributed by atoms with E-state index in [-0.39, 0.29) is 80.7 Å². The number of carbonyl (C=O) groups excluding carboxylic acids is 3. The zero-order chi connectivity index (χ0) is 54.6. The summed E-state index contributed by atoms with van der Waals surface area (Å²) in [6.07, 6.45) is 2.47. The van der Waals surface area contributed by atoms with E-state index in [1.807, 2.05) is 70.5 Å². The van der Waals surface area contributed by atoms with E-state index < -0.39 is 48.6 Å². The van der Waals surface area contributed by atoms with Crippen molar-refractivity contribution < 1.29 is 45.0 Å². The number of carbonyl (C=O) groups is 3. The average molecular weight is 1070 g/mol. The lowest BCUT2D eigenvalue weighted by atomic mass is 9.95. The van der Waals surface area contributed by atoms with Crippen molar-refractivity contribution in [1.29, 1.82) is 0 Å². The second kappa shape index (κ2) is 24.0. The van der Waals surface area contributed by atoms with Gasteiger partial charge in [0.25, 0.3) is 0 Å². The molecular weight excluding hydrogens is 1000 g/mol. The van der Waals surface area contributed by atoms with Crippen LogP contribution in [0.3, 0.4) is 0 Å². The first-order chi connectivity index (χ1) is 37.8. The van der Waals surface area contributed by atoms with Gasteiger partial charge < -0.3 is 70.8 Å². The number of imidazole rings is 2. The van der Waals surface area contributed by atoms with Crippen LogP contribution in [0, 0.1) is 11.8 Å². The number of nitrogens with zero attached hydrogens (tertiary/aromatic N) is 10. The first-order valence-electron chi connectivity index (χ1n) is 27.4. The van der Waals surface area contributed by atoms with Crippen molar-refractivity contribution in [1.82, 2.24) is 60.3 Å². The molecule has 2 aliphatic heterocycles. The van der Waals surface area contributed by atoms with E-state index in [4.69, 9.17) is 29.9 Å². The van der Waals surface area contributed by atoms with E-state index in [0.29, 0.717) is 110 Å². The van der Waals surface area contributed by atoms with Crippen molar-refractivity contribution in [3.8, 4) is 0 Å². The standard InChI is InChI=1S/C55H72N14O9/c1-3-43(72)60-39-23-41(49(76)47(39)74)68-29-56-45-37(21-33(27-70)19-31-11-7-5-8-12-31)62-53(64-51(45)68)66-17-15-35(25-66)58-55(78)59-36-16-18-67(26-36)54-63-38(22-34(28-71)20-32-13-9-6-10-14-32)46-52(65-54)69(30-57-46)42-24-40(48(75)50(42)77)61-44(73)4-2/h5-14,29-30,33-36,39-42,47-50,70-71,74-77H,3-4,15-28H2,1-2H3,(H,60,72)(H,61,73)(H2,58,59,78)/t33-,34-,35-,36-,39+,40+,41-,42?,47-,48-,49+,50+/m1/s1. The van der Waals surface area contributed by atoms with Crippen LogP contribution in [0.5, 0.6) is 0 Å². The SMILES string of the molecule is CCC(=O)N[C@H]1CC(n2cnc3c(C[C@H](CO)Cc4ccccc4)nc(N4CC[C@@H](NC(=O)N[C@@H]5CCN(c6nc(C[C@H](CO)Cc7ccccc7)c7ncn([C@@H]8C[C@H](NC(=O)CC)[C@@H](O)[C@H]8O)c7n6)C5)C4)nc32)[C@H](O)[C@@H]1O. The third-order valence-electron chi connectivity index (χ3n) is 16.1. The lowest BCUT2D eigenvalue weighted by Gasteiger charge is -2.22. The lowest BCUT2D eigenvalue weighted by Crippen LogP contribution is -2.48. The maximum atomic E-state index is 13.8. The van der Waals surface area contributed by atoms with Crippen LogP contribution in [0.1, 0.15) is 87.0 Å². The monoisotopic (exact) mass is 1070 g/mol. The number of amides is 4. The van der Waals surface area contributed by atoms with E-state index in [9.17, 15) is 45.0 Å². The second-order valence-corrected chi connectivity index (χ2v) is 21.6. The molecule has 1 unspecified atom stereocenters. The Labute approximate surface area is 451 Å². The Morgan fingerprint density at radius 2 is 0.974 bits per heavy atom. The van der Waals surface area contributed by atoms with Gasteiger partial charge in [0.2, 0.25) is 23.7 Å². The first kappa shape index (κ1) is 54.5. The Hall–Kier alpha value is -6.89. The molecule has 2 saturated heterocycles. The molecule has 10 rings (SSSR count). The molecule has 4 aromatic heterocycles. The fourth-order valence-electron chi connectivity index (χ4n) is 11.8. The molecular formula is C55H72N14O9. The van der Waals surface area contributed by atoms with Crippen molar-refractivity contribution in [3.05, 3.63) is 95.8 Å². The van der Waals surface area contributed by atoms with Crippen LogP contribution < -0.4 is 31.1 Å². The van der Waals surface area contributed by atoms with E-state index in [1.54, 1.807) is 35.6 Å². The highest BCUT2D eigenvalue weighted by Crippen LogP contribution is 2.37. The average Bonchev–Trinajstić information content (AvgIpc) is 4.54. The molecule has 0 bridgehead atoms. The molecule has 0 spiro atoms. The van der Waals surface area contributed by atoms with Crippen molar-refractivity contribution in [2.45, 2.75) is 139 Å². The molecule has 2 saturated carbocycles. The van der Waals surface area contributed by atoms with Gasteiger partial charge in [-0.15, -0.1) is 0 Å². The van der Waals surface area contributed by atoms with Gasteiger partial charge in [-0.1, -0.05) is 74.5 Å². The van der Waals surface area contributed by atoms with Crippen molar-refractivity contribution in [2.24, 2.45) is 11.8 Å². The van der Waals surface area contributed by atoms with Gasteiger partial charge in [0.1, 0.15) is 35.4 Å². The molecule has 4 amide bonds. The van der Waals surface area contributed by atoms with Crippen LogP contribution in [-0.2, 0) is 35.3 Å². The number of hydrogen-bond donors (Lipinski definition) is 10. The summed E-state index contributed by atoms with van der Waals surface area (Å²) in [6, 6.07) is 16.3. The molecule has 2 aromatic carbocycles. The Bertz CT molecular complexity index is 2840. The fourth-order valence-corrected chi connectivity index (χ4v) is 11.8. The molecule has 416 valence electrons. The number of anilines is 2. The third-order valence-corrected chi connectivity index (χ3v) is 16.1. The highest BCUT2D eigenvalue weighted by molar-refractivity contribution is 5.78. The summed E-state index contributed by atoms with van der Waals surface area (Å²) in [5.41, 5.74) is 5.30. The van der Waals surface area contributed by atoms with Gasteiger partial charge in [0.15, 0.2) is 11.3 Å². The summed E-state index contributed by atoms with van der Waals surface area (Å²) in [4.78, 5) is 72.1. The van der Waals surface area contributed by atoms with E-state index in [2.05, 4.69) is 21.3 Å². The number of nitrogens with one attached hydrogen (secondary N) is 4. The molecule has 0 radical (unpaired) electrons. The molecule has 23 heteroatoms. The number of fused-ring (bicyclic) bond motifs is 2. The van der Waals surface area contributed by atoms with Crippen molar-refractivity contribution in [3.63, 3.8) is 0 Å². The van der Waals surface area contributed by atoms with Crippen molar-refractivity contribution in [2.75, 3.05) is 49.2 Å². The Kier molecular flexibility index (Phi) is 16.8. The summed E-state index contributed by atoms with van der Waals surface area (Å²) in [7, 11) is 0. The molecule has 4 aliphatic rings. The zero-order valence-electron chi connectivity index (χ0n) is 44.1. The molecule has 2 aliphatic carbocycles. The molecule has 4 fully saturated rings. The maximum Gasteiger partial charge on any atom is 0.315 e. The van der Waals surface area contributed by atoms with Gasteiger partial charge in [-0.3, -0.25) is 9.59 Å². The predicted octanol–water partition coefficient (Wildman–Crippen LogP) is 1.03. The number of aliphatic hydroxyl groups excluding tert-OH is 6. The molecule has 23 nitrogen and oxygen atoms in total. The third kappa shape index (κ3) is 11.8. The summed E-state index contributed by atoms with van der Waals surface area (Å²) in [5.74, 6) is -0.0478. The number of aromatic nitrogens is 8. The molecule has 10 N–H and O–H groups in total. The van der Waals surface area contributed by atoms with Crippen molar-refractivity contribution >= 4 is 52.1 Å². The highest BCUT2D eigenvalue weighted by Gasteiger charge is 2.45. The van der Waals surface area contributed by atoms with E-state index in [0.717, 1.165) is 11.1 Å². The lowest BCUT2D eigenvalue weighted by molar-refractivity contribution is -0.123. The van der Waals surface area contributed by atoms with Crippen LogP contribution in [0.2, 0.25) is 0 Å². The molecule has 12 atom stereocenters. The Morgan fingerprint density at radius 1 is 0.564 bits per heavy atom. The van der Waals surface area contributed by atoms with Crippen LogP contribution in [0.25, 0.3) is 22.3 Å². The van der Waals surface area contributed by atoms with Crippen LogP contribution in [0.15, 0.2) is 73.3 Å². The Balaban J connectivity index is 0.844. The van der Waals surface area contributed by atoms with Gasteiger partial charge in [-0.25, -0.2) is 24.7 Å². The summed E-state index contributed by atoms with van der Waals surface area (Å²) < 4.78 is 3.50. The molecule has 6 heterocycles. The predicted molar refractivity (Wildman–Crippen MR) is 288 cm³/mol. The van der Waals surface area contributed by atoms with Crippen LogP contribution in [-0.4, -0.2) is 175 Å². The largest absolute Gasteiger partial charge is 0.396 e. The van der Waals surface area contributed by atoms with Gasteiger partial charge >= 0.3 is 6.03 Å². The first-order valence-corrected chi connectivity index (χ1v) is 27.4. The highest BCUT2D eigenvalue weighted by atomic mass is 16.3. The number of aliphatic hydroxyl groups is 6. The fraction of sp³-hybridized carbons (Fsp3) is 0.545. The number of hydrogen-bond acceptors (Lipinski definition) is 17. The summed E-state index contributed by atoms with van der Waals surface area (Å²) in [5, 5.41) is 77.9. The van der Waals surface area contributed by atoms with E-state index in [1.165, 1.54) is 0 Å². The van der Waals surface area contributed by atoms with Crippen LogP contribution >= 0.6 is 0 Å². The van der Waals surface area contributed by atoms with Crippen LogP contribution in [0.4, 0.5) is 16.7 Å². The smallest absolute Gasteiger partial charge is 0.315 e. The number of urea groups is 1. The van der Waals surface area contributed by atoms with E-state index >= 15 is 0 Å². The van der Waals surface area contributed by atoms with Gasteiger partial charge in [-0.2, -0.15) is 9.97 Å².